The van der Waals surface area contributed by atoms with Crippen molar-refractivity contribution in [3.05, 3.63) is 11.1 Å². The second-order valence-electron chi connectivity index (χ2n) is 6.78. The molecule has 2 rings (SSSR count). The Morgan fingerprint density at radius 3 is 2.81 bits per heavy atom. The molecule has 27 heavy (non-hydrogen) atoms. The molecule has 1 aromatic heterocycles. The number of thiazole rings is 1. The van der Waals surface area contributed by atoms with Crippen LogP contribution >= 0.6 is 11.3 Å². The first-order valence-electron chi connectivity index (χ1n) is 8.43. The summed E-state index contributed by atoms with van der Waals surface area (Å²) in [6, 6.07) is 0. The number of nitrogen functional groups attached to an aromatic ring is 1. The highest BCUT2D eigenvalue weighted by molar-refractivity contribution is 7.13. The van der Waals surface area contributed by atoms with Crippen LogP contribution < -0.4 is 11.1 Å². The van der Waals surface area contributed by atoms with Gasteiger partial charge in [0.2, 0.25) is 0 Å². The summed E-state index contributed by atoms with van der Waals surface area (Å²) in [5.74, 6) is -0.820. The van der Waals surface area contributed by atoms with Gasteiger partial charge < -0.3 is 20.5 Å². The zero-order valence-electron chi connectivity index (χ0n) is 15.4. The lowest BCUT2D eigenvalue weighted by Crippen LogP contribution is -2.47. The molecule has 0 spiro atoms. The first-order valence-corrected chi connectivity index (χ1v) is 9.31. The molecule has 145 valence electrons. The van der Waals surface area contributed by atoms with Crippen LogP contribution in [0.1, 0.15) is 45.7 Å². The number of ketones is 1. The second-order valence-corrected chi connectivity index (χ2v) is 7.67. The standard InChI is InChI=1S/C16H22BN4O5S/c1-9(23)6-10-4-5-12(17-25-10)20-14(24)13(11-7-27-15(18)19-11)21-26-16(2,3)8-22/h7-8,10,12H,4-6H2,1-3H3,(H2,18,19)(H,20,24)/b21-13-. The number of anilines is 1. The molecule has 2 unspecified atom stereocenters. The van der Waals surface area contributed by atoms with E-state index in [1.54, 1.807) is 5.38 Å². The van der Waals surface area contributed by atoms with E-state index < -0.39 is 11.5 Å². The molecule has 1 radical (unpaired) electrons. The number of Topliss-reactive ketones (excluding diaryl/α,β-unsaturated/α-hetero) is 1. The minimum absolute atomic E-state index is 0.0568. The smallest absolute Gasteiger partial charge is 0.317 e. The number of hydrogen-bond donors (Lipinski definition) is 2. The van der Waals surface area contributed by atoms with Gasteiger partial charge in [-0.3, -0.25) is 14.4 Å². The first-order chi connectivity index (χ1) is 12.7. The van der Waals surface area contributed by atoms with Crippen molar-refractivity contribution >= 4 is 47.6 Å². The van der Waals surface area contributed by atoms with Gasteiger partial charge in [-0.15, -0.1) is 11.3 Å². The Bertz CT molecular complexity index is 728. The first kappa shape index (κ1) is 21.0. The van der Waals surface area contributed by atoms with Crippen molar-refractivity contribution in [3.63, 3.8) is 0 Å². The van der Waals surface area contributed by atoms with E-state index in [9.17, 15) is 14.4 Å². The van der Waals surface area contributed by atoms with Gasteiger partial charge in [0, 0.05) is 23.8 Å². The third-order valence-electron chi connectivity index (χ3n) is 3.70. The maximum absolute atomic E-state index is 12.7. The molecule has 3 N–H and O–H groups in total. The maximum Gasteiger partial charge on any atom is 0.317 e. The third kappa shape index (κ3) is 6.44. The number of carbonyl (C=O) groups is 3. The Hall–Kier alpha value is -2.27. The van der Waals surface area contributed by atoms with Crippen LogP contribution in [0.2, 0.25) is 0 Å². The zero-order valence-corrected chi connectivity index (χ0v) is 16.2. The summed E-state index contributed by atoms with van der Waals surface area (Å²) in [7, 11) is 1.51. The highest BCUT2D eigenvalue weighted by Crippen LogP contribution is 2.17. The molecule has 1 aromatic rings. The molecule has 1 fully saturated rings. The summed E-state index contributed by atoms with van der Waals surface area (Å²) in [6.45, 7) is 4.55. The van der Waals surface area contributed by atoms with Gasteiger partial charge >= 0.3 is 7.48 Å². The fraction of sp³-hybridized carbons (Fsp3) is 0.562. The number of amides is 1. The van der Waals surface area contributed by atoms with Crippen molar-refractivity contribution in [3.8, 4) is 0 Å². The number of nitrogens with zero attached hydrogens (tertiary/aromatic N) is 2. The van der Waals surface area contributed by atoms with Crippen molar-refractivity contribution in [2.45, 2.75) is 57.7 Å². The summed E-state index contributed by atoms with van der Waals surface area (Å²) >= 11 is 1.16. The van der Waals surface area contributed by atoms with Crippen molar-refractivity contribution in [1.29, 1.82) is 0 Å². The highest BCUT2D eigenvalue weighted by atomic mass is 32.1. The molecule has 0 aliphatic carbocycles. The zero-order chi connectivity index (χ0) is 20.0. The second kappa shape index (κ2) is 9.09. The number of nitrogens with two attached hydrogens (primary N) is 1. The van der Waals surface area contributed by atoms with Gasteiger partial charge in [-0.1, -0.05) is 5.16 Å². The van der Waals surface area contributed by atoms with Gasteiger partial charge in [-0.2, -0.15) is 0 Å². The predicted molar refractivity (Wildman–Crippen MR) is 101 cm³/mol. The van der Waals surface area contributed by atoms with Crippen LogP contribution in [-0.2, 0) is 23.9 Å². The largest absolute Gasteiger partial charge is 0.435 e. The molecule has 0 bridgehead atoms. The molecular formula is C16H22BN4O5S. The Labute approximate surface area is 162 Å². The van der Waals surface area contributed by atoms with Crippen LogP contribution in [0.3, 0.4) is 0 Å². The number of nitrogens with one attached hydrogen (secondary N) is 1. The van der Waals surface area contributed by atoms with Gasteiger partial charge in [0.15, 0.2) is 22.7 Å². The highest BCUT2D eigenvalue weighted by Gasteiger charge is 2.29. The van der Waals surface area contributed by atoms with E-state index >= 15 is 0 Å². The average Bonchev–Trinajstić information content (AvgIpc) is 3.02. The van der Waals surface area contributed by atoms with Gasteiger partial charge in [0.1, 0.15) is 11.5 Å². The summed E-state index contributed by atoms with van der Waals surface area (Å²) < 4.78 is 5.51. The van der Waals surface area contributed by atoms with E-state index in [0.29, 0.717) is 25.5 Å². The molecule has 2 atom stereocenters. The van der Waals surface area contributed by atoms with Crippen molar-refractivity contribution in [2.75, 3.05) is 5.73 Å². The monoisotopic (exact) mass is 393 g/mol. The number of hydrogen-bond acceptors (Lipinski definition) is 9. The summed E-state index contributed by atoms with van der Waals surface area (Å²) in [5, 5.41) is 8.46. The minimum atomic E-state index is -1.19. The van der Waals surface area contributed by atoms with Gasteiger partial charge in [0.25, 0.3) is 5.91 Å². The SMILES string of the molecule is CC(=O)CC1CCC(NC(=O)/C(=N\OC(C)(C)C=O)c2csc(N)n2)[B]O1. The maximum atomic E-state index is 12.7. The van der Waals surface area contributed by atoms with Crippen LogP contribution in [0.25, 0.3) is 0 Å². The number of oxime groups is 1. The van der Waals surface area contributed by atoms with Gasteiger partial charge in [-0.05, 0) is 33.6 Å². The van der Waals surface area contributed by atoms with Crippen LogP contribution in [0, 0.1) is 0 Å². The minimum Gasteiger partial charge on any atom is -0.435 e. The molecule has 1 aliphatic heterocycles. The van der Waals surface area contributed by atoms with Gasteiger partial charge in [-0.25, -0.2) is 4.98 Å². The Morgan fingerprint density at radius 2 is 2.30 bits per heavy atom. The normalized spacial score (nSPS) is 20.5. The topological polar surface area (TPSA) is 133 Å². The van der Waals surface area contributed by atoms with Crippen molar-refractivity contribution in [2.24, 2.45) is 5.16 Å². The molecule has 0 aromatic carbocycles. The summed E-state index contributed by atoms with van der Waals surface area (Å²) in [4.78, 5) is 44.1. The molecule has 1 saturated heterocycles. The van der Waals surface area contributed by atoms with Crippen molar-refractivity contribution in [1.82, 2.24) is 10.3 Å². The van der Waals surface area contributed by atoms with E-state index in [1.165, 1.54) is 28.3 Å². The summed E-state index contributed by atoms with van der Waals surface area (Å²) in [5.41, 5.74) is 4.61. The van der Waals surface area contributed by atoms with E-state index in [-0.39, 0.29) is 34.4 Å². The van der Waals surface area contributed by atoms with Crippen LogP contribution in [0.15, 0.2) is 10.5 Å². The van der Waals surface area contributed by atoms with E-state index in [4.69, 9.17) is 15.2 Å². The molecule has 1 amide bonds. The Morgan fingerprint density at radius 1 is 1.56 bits per heavy atom. The van der Waals surface area contributed by atoms with Gasteiger partial charge in [0.05, 0.1) is 0 Å². The predicted octanol–water partition coefficient (Wildman–Crippen LogP) is 0.643. The van der Waals surface area contributed by atoms with Crippen LogP contribution in [0.4, 0.5) is 5.13 Å². The molecule has 9 nitrogen and oxygen atoms in total. The number of rotatable bonds is 8. The molecule has 11 heteroatoms. The van der Waals surface area contributed by atoms with Crippen LogP contribution in [0.5, 0.6) is 0 Å². The lowest BCUT2D eigenvalue weighted by Gasteiger charge is -2.28. The molecule has 1 aliphatic rings. The van der Waals surface area contributed by atoms with E-state index in [2.05, 4.69) is 15.5 Å². The fourth-order valence-corrected chi connectivity index (χ4v) is 2.85. The van der Waals surface area contributed by atoms with E-state index in [1.807, 2.05) is 0 Å². The number of aromatic nitrogens is 1. The number of aldehydes is 1. The number of carbonyl (C=O) groups excluding carboxylic acids is 3. The quantitative estimate of drug-likeness (QED) is 0.287. The van der Waals surface area contributed by atoms with Crippen molar-refractivity contribution < 1.29 is 23.9 Å². The third-order valence-corrected chi connectivity index (χ3v) is 4.38. The molecule has 2 heterocycles. The lowest BCUT2D eigenvalue weighted by atomic mass is 9.79. The Balaban J connectivity index is 2.05. The van der Waals surface area contributed by atoms with E-state index in [0.717, 1.165) is 11.3 Å². The summed E-state index contributed by atoms with van der Waals surface area (Å²) in [6.07, 6.45) is 2.03. The fourth-order valence-electron chi connectivity index (χ4n) is 2.31. The molecular weight excluding hydrogens is 371 g/mol. The average molecular weight is 393 g/mol. The van der Waals surface area contributed by atoms with Crippen LogP contribution in [-0.4, -0.2) is 53.8 Å². The Kier molecular flexibility index (Phi) is 7.08. The lowest BCUT2D eigenvalue weighted by molar-refractivity contribution is -0.127. The molecule has 0 saturated carbocycles.